The molecule has 0 aliphatic rings. The maximum atomic E-state index is 8.90. The fourth-order valence-electron chi connectivity index (χ4n) is 0.968. The van der Waals surface area contributed by atoms with E-state index in [1.54, 1.807) is 0 Å². The normalized spacial score (nSPS) is 12.9. The molecule has 0 bridgehead atoms. The van der Waals surface area contributed by atoms with Gasteiger partial charge in [0.15, 0.2) is 0 Å². The Morgan fingerprint density at radius 1 is 1.27 bits per heavy atom. The lowest BCUT2D eigenvalue weighted by atomic mass is 10.0. The van der Waals surface area contributed by atoms with E-state index in [1.807, 2.05) is 30.3 Å². The highest BCUT2D eigenvalue weighted by molar-refractivity contribution is 6.18. The summed E-state index contributed by atoms with van der Waals surface area (Å²) < 4.78 is 0. The smallest absolute Gasteiger partial charge is 0.0511 e. The molecule has 60 valence electrons. The quantitative estimate of drug-likeness (QED) is 0.689. The fourth-order valence-corrected chi connectivity index (χ4v) is 1.24. The number of halogens is 1. The Labute approximate surface area is 71.6 Å². The lowest BCUT2D eigenvalue weighted by molar-refractivity contribution is 0.274. The van der Waals surface area contributed by atoms with Gasteiger partial charge in [-0.1, -0.05) is 30.3 Å². The Balaban J connectivity index is 2.74. The zero-order chi connectivity index (χ0) is 8.10. The third-order valence-corrected chi connectivity index (χ3v) is 2.05. The number of aliphatic hydroxyl groups excluding tert-OH is 1. The van der Waals surface area contributed by atoms with Crippen LogP contribution in [-0.2, 0) is 0 Å². The second-order valence-electron chi connectivity index (χ2n) is 2.44. The number of hydrogen-bond acceptors (Lipinski definition) is 1. The molecule has 0 saturated heterocycles. The van der Waals surface area contributed by atoms with Crippen molar-refractivity contribution in [1.29, 1.82) is 0 Å². The molecule has 0 heterocycles. The molecule has 0 saturated carbocycles. The SMILES string of the molecule is OCC(CCl)c1ccccc1. The molecule has 0 spiro atoms. The van der Waals surface area contributed by atoms with E-state index in [2.05, 4.69) is 0 Å². The molecule has 11 heavy (non-hydrogen) atoms. The Hall–Kier alpha value is -0.530. The number of rotatable bonds is 3. The molecule has 1 N–H and O–H groups in total. The van der Waals surface area contributed by atoms with Crippen LogP contribution in [0.1, 0.15) is 11.5 Å². The number of aliphatic hydroxyl groups is 1. The molecule has 1 nitrogen and oxygen atoms in total. The van der Waals surface area contributed by atoms with Gasteiger partial charge in [-0.2, -0.15) is 0 Å². The van der Waals surface area contributed by atoms with Crippen molar-refractivity contribution in [3.63, 3.8) is 0 Å². The largest absolute Gasteiger partial charge is 0.396 e. The predicted molar refractivity (Wildman–Crippen MR) is 47.0 cm³/mol. The third kappa shape index (κ3) is 2.21. The predicted octanol–water partition coefficient (Wildman–Crippen LogP) is 2.00. The van der Waals surface area contributed by atoms with Gasteiger partial charge in [0, 0.05) is 11.8 Å². The molecule has 0 aromatic heterocycles. The average molecular weight is 171 g/mol. The van der Waals surface area contributed by atoms with Gasteiger partial charge in [-0.05, 0) is 5.56 Å². The van der Waals surface area contributed by atoms with E-state index >= 15 is 0 Å². The molecule has 1 aromatic rings. The summed E-state index contributed by atoms with van der Waals surface area (Å²) in [6.07, 6.45) is 0. The van der Waals surface area contributed by atoms with Crippen molar-refractivity contribution in [2.24, 2.45) is 0 Å². The molecule has 1 unspecified atom stereocenters. The Morgan fingerprint density at radius 2 is 1.91 bits per heavy atom. The van der Waals surface area contributed by atoms with E-state index in [1.165, 1.54) is 0 Å². The maximum absolute atomic E-state index is 8.90. The van der Waals surface area contributed by atoms with E-state index in [4.69, 9.17) is 16.7 Å². The van der Waals surface area contributed by atoms with Crippen molar-refractivity contribution >= 4 is 11.6 Å². The van der Waals surface area contributed by atoms with Crippen molar-refractivity contribution in [2.75, 3.05) is 12.5 Å². The van der Waals surface area contributed by atoms with Crippen molar-refractivity contribution in [3.05, 3.63) is 35.9 Å². The lowest BCUT2D eigenvalue weighted by Gasteiger charge is -2.09. The molecule has 0 radical (unpaired) electrons. The summed E-state index contributed by atoms with van der Waals surface area (Å²) in [6, 6.07) is 9.80. The summed E-state index contributed by atoms with van der Waals surface area (Å²) in [5, 5.41) is 8.90. The van der Waals surface area contributed by atoms with Gasteiger partial charge in [0.1, 0.15) is 0 Å². The number of hydrogen-bond donors (Lipinski definition) is 1. The lowest BCUT2D eigenvalue weighted by Crippen LogP contribution is -2.04. The van der Waals surface area contributed by atoms with E-state index in [-0.39, 0.29) is 12.5 Å². The molecule has 0 aliphatic carbocycles. The fraction of sp³-hybridized carbons (Fsp3) is 0.333. The average Bonchev–Trinajstić information content (AvgIpc) is 2.09. The maximum Gasteiger partial charge on any atom is 0.0511 e. The molecule has 0 amide bonds. The van der Waals surface area contributed by atoms with Gasteiger partial charge in [-0.25, -0.2) is 0 Å². The zero-order valence-electron chi connectivity index (χ0n) is 6.20. The van der Waals surface area contributed by atoms with Crippen LogP contribution < -0.4 is 0 Å². The van der Waals surface area contributed by atoms with E-state index in [9.17, 15) is 0 Å². The number of alkyl halides is 1. The van der Waals surface area contributed by atoms with E-state index in [0.29, 0.717) is 5.88 Å². The van der Waals surface area contributed by atoms with Gasteiger partial charge in [-0.3, -0.25) is 0 Å². The highest BCUT2D eigenvalue weighted by atomic mass is 35.5. The first kappa shape index (κ1) is 8.57. The minimum atomic E-state index is 0.0814. The monoisotopic (exact) mass is 170 g/mol. The van der Waals surface area contributed by atoms with Crippen molar-refractivity contribution in [3.8, 4) is 0 Å². The van der Waals surface area contributed by atoms with Crippen molar-refractivity contribution in [2.45, 2.75) is 5.92 Å². The summed E-state index contributed by atoms with van der Waals surface area (Å²) in [7, 11) is 0. The standard InChI is InChI=1S/C9H11ClO/c10-6-9(7-11)8-4-2-1-3-5-8/h1-5,9,11H,6-7H2. The Kier molecular flexibility index (Phi) is 3.40. The molecule has 0 fully saturated rings. The summed E-state index contributed by atoms with van der Waals surface area (Å²) in [5.41, 5.74) is 1.10. The van der Waals surface area contributed by atoms with Crippen LogP contribution in [0.4, 0.5) is 0 Å². The van der Waals surface area contributed by atoms with Gasteiger partial charge in [0.05, 0.1) is 6.61 Å². The van der Waals surface area contributed by atoms with Crippen molar-refractivity contribution in [1.82, 2.24) is 0 Å². The van der Waals surface area contributed by atoms with Crippen LogP contribution >= 0.6 is 11.6 Å². The highest BCUT2D eigenvalue weighted by Gasteiger charge is 2.06. The van der Waals surface area contributed by atoms with Crippen LogP contribution in [0.15, 0.2) is 30.3 Å². The van der Waals surface area contributed by atoms with Gasteiger partial charge in [0.2, 0.25) is 0 Å². The molecule has 1 atom stereocenters. The van der Waals surface area contributed by atoms with Crippen LogP contribution in [0, 0.1) is 0 Å². The first-order chi connectivity index (χ1) is 5.38. The van der Waals surface area contributed by atoms with E-state index in [0.717, 1.165) is 5.56 Å². The molecule has 2 heteroatoms. The van der Waals surface area contributed by atoms with Gasteiger partial charge in [0.25, 0.3) is 0 Å². The van der Waals surface area contributed by atoms with Crippen LogP contribution in [0.2, 0.25) is 0 Å². The second kappa shape index (κ2) is 4.37. The molecule has 1 rings (SSSR count). The topological polar surface area (TPSA) is 20.2 Å². The summed E-state index contributed by atoms with van der Waals surface area (Å²) in [5.74, 6) is 0.554. The minimum absolute atomic E-state index is 0.0814. The summed E-state index contributed by atoms with van der Waals surface area (Å²) in [6.45, 7) is 0.119. The molecule has 0 aliphatic heterocycles. The second-order valence-corrected chi connectivity index (χ2v) is 2.75. The minimum Gasteiger partial charge on any atom is -0.396 e. The van der Waals surface area contributed by atoms with Crippen LogP contribution in [0.5, 0.6) is 0 Å². The van der Waals surface area contributed by atoms with E-state index < -0.39 is 0 Å². The van der Waals surface area contributed by atoms with Crippen molar-refractivity contribution < 1.29 is 5.11 Å². The highest BCUT2D eigenvalue weighted by Crippen LogP contribution is 2.15. The molecular formula is C9H11ClO. The Morgan fingerprint density at radius 3 is 2.36 bits per heavy atom. The van der Waals surface area contributed by atoms with Crippen LogP contribution in [0.3, 0.4) is 0 Å². The first-order valence-electron chi connectivity index (χ1n) is 3.60. The van der Waals surface area contributed by atoms with Gasteiger partial charge >= 0.3 is 0 Å². The third-order valence-electron chi connectivity index (χ3n) is 1.68. The summed E-state index contributed by atoms with van der Waals surface area (Å²) >= 11 is 5.64. The zero-order valence-corrected chi connectivity index (χ0v) is 6.96. The molecule has 1 aromatic carbocycles. The first-order valence-corrected chi connectivity index (χ1v) is 4.13. The van der Waals surface area contributed by atoms with Gasteiger partial charge < -0.3 is 5.11 Å². The summed E-state index contributed by atoms with van der Waals surface area (Å²) in [4.78, 5) is 0. The van der Waals surface area contributed by atoms with Crippen LogP contribution in [0.25, 0.3) is 0 Å². The Bertz CT molecular complexity index is 194. The van der Waals surface area contributed by atoms with Crippen LogP contribution in [-0.4, -0.2) is 17.6 Å². The number of benzene rings is 1. The molecular weight excluding hydrogens is 160 g/mol. The van der Waals surface area contributed by atoms with Gasteiger partial charge in [-0.15, -0.1) is 11.6 Å².